The monoisotopic (exact) mass is 268 g/mol. The number of aromatic hydroxyl groups is 1. The zero-order valence-corrected chi connectivity index (χ0v) is 10.8. The predicted molar refractivity (Wildman–Crippen MR) is 76.1 cm³/mol. The van der Waals surface area contributed by atoms with Gasteiger partial charge in [-0.25, -0.2) is 0 Å². The molecule has 20 heavy (non-hydrogen) atoms. The molecule has 1 aromatic heterocycles. The van der Waals surface area contributed by atoms with E-state index >= 15 is 0 Å². The summed E-state index contributed by atoms with van der Waals surface area (Å²) in [6.45, 7) is 0. The predicted octanol–water partition coefficient (Wildman–Crippen LogP) is 3.17. The molecule has 3 rings (SSSR count). The van der Waals surface area contributed by atoms with E-state index in [9.17, 15) is 9.90 Å². The second-order valence-electron chi connectivity index (χ2n) is 4.35. The highest BCUT2D eigenvalue weighted by atomic mass is 16.5. The Labute approximate surface area is 114 Å². The van der Waals surface area contributed by atoms with E-state index in [1.54, 1.807) is 36.4 Å². The summed E-state index contributed by atoms with van der Waals surface area (Å²) in [7, 11) is 1.53. The van der Waals surface area contributed by atoms with Gasteiger partial charge < -0.3 is 14.3 Å². The van der Waals surface area contributed by atoms with Gasteiger partial charge in [0.1, 0.15) is 22.8 Å². The van der Waals surface area contributed by atoms with Crippen LogP contribution in [0.3, 0.4) is 0 Å². The lowest BCUT2D eigenvalue weighted by atomic mass is 10.1. The quantitative estimate of drug-likeness (QED) is 0.775. The molecule has 0 saturated carbocycles. The first-order chi connectivity index (χ1) is 9.69. The van der Waals surface area contributed by atoms with E-state index in [4.69, 9.17) is 9.15 Å². The van der Waals surface area contributed by atoms with Crippen molar-refractivity contribution in [3.63, 3.8) is 0 Å². The highest BCUT2D eigenvalue weighted by Gasteiger charge is 2.11. The van der Waals surface area contributed by atoms with E-state index in [-0.39, 0.29) is 11.2 Å². The number of hydrogen-bond acceptors (Lipinski definition) is 4. The van der Waals surface area contributed by atoms with E-state index in [1.165, 1.54) is 19.2 Å². The van der Waals surface area contributed by atoms with Gasteiger partial charge in [-0.05, 0) is 30.3 Å². The average molecular weight is 268 g/mol. The fraction of sp³-hybridized carbons (Fsp3) is 0.0625. The number of benzene rings is 2. The maximum absolute atomic E-state index is 12.1. The molecule has 4 nitrogen and oxygen atoms in total. The minimum atomic E-state index is -0.149. The Kier molecular flexibility index (Phi) is 2.91. The van der Waals surface area contributed by atoms with Crippen molar-refractivity contribution < 1.29 is 14.3 Å². The third-order valence-corrected chi connectivity index (χ3v) is 3.10. The van der Waals surface area contributed by atoms with Crippen molar-refractivity contribution in [2.75, 3.05) is 7.11 Å². The number of methoxy groups -OCH3 is 1. The first-order valence-electron chi connectivity index (χ1n) is 6.09. The average Bonchev–Trinajstić information content (AvgIpc) is 2.48. The summed E-state index contributed by atoms with van der Waals surface area (Å²) in [6, 6.07) is 13.1. The molecular weight excluding hydrogens is 256 g/mol. The third kappa shape index (κ3) is 2.01. The van der Waals surface area contributed by atoms with E-state index < -0.39 is 0 Å². The van der Waals surface area contributed by atoms with E-state index in [1.807, 2.05) is 0 Å². The van der Waals surface area contributed by atoms with Crippen LogP contribution in [0.2, 0.25) is 0 Å². The van der Waals surface area contributed by atoms with Gasteiger partial charge in [0.15, 0.2) is 5.43 Å². The molecule has 0 radical (unpaired) electrons. The molecule has 0 atom stereocenters. The van der Waals surface area contributed by atoms with Gasteiger partial charge in [0.05, 0.1) is 18.1 Å². The zero-order chi connectivity index (χ0) is 14.1. The van der Waals surface area contributed by atoms with Crippen molar-refractivity contribution in [3.8, 4) is 22.8 Å². The topological polar surface area (TPSA) is 59.7 Å². The SMILES string of the molecule is COc1ccc(O)c(-c2cc(=O)c3ccccc3o2)c1. The van der Waals surface area contributed by atoms with Crippen LogP contribution in [0.1, 0.15) is 0 Å². The molecule has 0 saturated heterocycles. The van der Waals surface area contributed by atoms with Gasteiger partial charge in [-0.3, -0.25) is 4.79 Å². The number of rotatable bonds is 2. The number of ether oxygens (including phenoxy) is 1. The molecule has 1 heterocycles. The Morgan fingerprint density at radius 1 is 1.10 bits per heavy atom. The van der Waals surface area contributed by atoms with Crippen LogP contribution < -0.4 is 10.2 Å². The van der Waals surface area contributed by atoms with Crippen molar-refractivity contribution in [1.29, 1.82) is 0 Å². The molecule has 3 aromatic rings. The van der Waals surface area contributed by atoms with Gasteiger partial charge in [0.25, 0.3) is 0 Å². The Hall–Kier alpha value is -2.75. The number of para-hydroxylation sites is 1. The third-order valence-electron chi connectivity index (χ3n) is 3.10. The highest BCUT2D eigenvalue weighted by Crippen LogP contribution is 2.33. The molecule has 1 N–H and O–H groups in total. The van der Waals surface area contributed by atoms with Crippen molar-refractivity contribution in [2.45, 2.75) is 0 Å². The molecular formula is C16H12O4. The number of hydrogen-bond donors (Lipinski definition) is 1. The second-order valence-corrected chi connectivity index (χ2v) is 4.35. The van der Waals surface area contributed by atoms with Crippen molar-refractivity contribution in [3.05, 3.63) is 58.8 Å². The van der Waals surface area contributed by atoms with Gasteiger partial charge in [-0.1, -0.05) is 12.1 Å². The lowest BCUT2D eigenvalue weighted by Gasteiger charge is -2.07. The summed E-state index contributed by atoms with van der Waals surface area (Å²) in [5.41, 5.74) is 0.758. The van der Waals surface area contributed by atoms with Gasteiger partial charge in [-0.15, -0.1) is 0 Å². The summed E-state index contributed by atoms with van der Waals surface area (Å²) in [5.74, 6) is 0.919. The lowest BCUT2D eigenvalue weighted by Crippen LogP contribution is -2.00. The van der Waals surface area contributed by atoms with Gasteiger partial charge >= 0.3 is 0 Å². The van der Waals surface area contributed by atoms with E-state index in [0.717, 1.165) is 0 Å². The highest BCUT2D eigenvalue weighted by molar-refractivity contribution is 5.79. The van der Waals surface area contributed by atoms with E-state index in [2.05, 4.69) is 0 Å². The Morgan fingerprint density at radius 2 is 1.90 bits per heavy atom. The number of fused-ring (bicyclic) bond motifs is 1. The lowest BCUT2D eigenvalue weighted by molar-refractivity contribution is 0.412. The summed E-state index contributed by atoms with van der Waals surface area (Å²) >= 11 is 0. The summed E-state index contributed by atoms with van der Waals surface area (Å²) < 4.78 is 10.8. The molecule has 0 aliphatic heterocycles. The first-order valence-corrected chi connectivity index (χ1v) is 6.09. The van der Waals surface area contributed by atoms with Crippen LogP contribution in [-0.2, 0) is 0 Å². The molecule has 0 amide bonds. The van der Waals surface area contributed by atoms with Crippen molar-refractivity contribution >= 4 is 11.0 Å². The van der Waals surface area contributed by atoms with Crippen molar-refractivity contribution in [1.82, 2.24) is 0 Å². The fourth-order valence-corrected chi connectivity index (χ4v) is 2.08. The standard InChI is InChI=1S/C16H12O4/c1-19-10-6-7-13(17)12(8-10)16-9-14(18)11-4-2-3-5-15(11)20-16/h2-9,17H,1H3. The smallest absolute Gasteiger partial charge is 0.193 e. The summed E-state index contributed by atoms with van der Waals surface area (Å²) in [6.07, 6.45) is 0. The van der Waals surface area contributed by atoms with Gasteiger partial charge in [0, 0.05) is 6.07 Å². The molecule has 0 aliphatic carbocycles. The largest absolute Gasteiger partial charge is 0.507 e. The molecule has 4 heteroatoms. The molecule has 100 valence electrons. The minimum absolute atomic E-state index is 0.0317. The molecule has 0 bridgehead atoms. The summed E-state index contributed by atoms with van der Waals surface area (Å²) in [5, 5.41) is 10.4. The second kappa shape index (κ2) is 4.74. The maximum Gasteiger partial charge on any atom is 0.193 e. The van der Waals surface area contributed by atoms with Crippen LogP contribution >= 0.6 is 0 Å². The van der Waals surface area contributed by atoms with Crippen LogP contribution in [0.5, 0.6) is 11.5 Å². The Balaban J connectivity index is 2.27. The first kappa shape index (κ1) is 12.3. The zero-order valence-electron chi connectivity index (χ0n) is 10.8. The molecule has 2 aromatic carbocycles. The number of phenols is 1. The van der Waals surface area contributed by atoms with Gasteiger partial charge in [0.2, 0.25) is 0 Å². The number of phenolic OH excluding ortho intramolecular Hbond substituents is 1. The normalized spacial score (nSPS) is 10.7. The maximum atomic E-state index is 12.1. The van der Waals surface area contributed by atoms with Crippen LogP contribution in [-0.4, -0.2) is 12.2 Å². The van der Waals surface area contributed by atoms with Crippen LogP contribution in [0, 0.1) is 0 Å². The summed E-state index contributed by atoms with van der Waals surface area (Å²) in [4.78, 5) is 12.1. The van der Waals surface area contributed by atoms with Crippen LogP contribution in [0.15, 0.2) is 57.7 Å². The Morgan fingerprint density at radius 3 is 2.70 bits per heavy atom. The molecule has 0 aliphatic rings. The molecule has 0 unspecified atom stereocenters. The molecule has 0 fully saturated rings. The molecule has 0 spiro atoms. The van der Waals surface area contributed by atoms with Gasteiger partial charge in [-0.2, -0.15) is 0 Å². The Bertz CT molecular complexity index is 833. The fourth-order valence-electron chi connectivity index (χ4n) is 2.08. The van der Waals surface area contributed by atoms with Crippen molar-refractivity contribution in [2.24, 2.45) is 0 Å². The van der Waals surface area contributed by atoms with E-state index in [0.29, 0.717) is 28.0 Å². The van der Waals surface area contributed by atoms with Crippen LogP contribution in [0.4, 0.5) is 0 Å². The van der Waals surface area contributed by atoms with Crippen LogP contribution in [0.25, 0.3) is 22.3 Å². The minimum Gasteiger partial charge on any atom is -0.507 e.